The molecule has 5 nitrogen and oxygen atoms in total. The third-order valence-electron chi connectivity index (χ3n) is 5.97. The first-order chi connectivity index (χ1) is 15.5. The highest BCUT2D eigenvalue weighted by atomic mass is 19.1. The predicted molar refractivity (Wildman–Crippen MR) is 122 cm³/mol. The maximum absolute atomic E-state index is 13.3. The first-order valence-electron chi connectivity index (χ1n) is 10.8. The highest BCUT2D eigenvalue weighted by Gasteiger charge is 2.31. The zero-order valence-corrected chi connectivity index (χ0v) is 18.1. The second-order valence-corrected chi connectivity index (χ2v) is 8.31. The van der Waals surface area contributed by atoms with Crippen molar-refractivity contribution in [2.24, 2.45) is 4.99 Å². The van der Waals surface area contributed by atoms with Crippen molar-refractivity contribution in [1.29, 1.82) is 0 Å². The molecule has 1 amide bonds. The number of halogens is 1. The Balaban J connectivity index is 1.44. The van der Waals surface area contributed by atoms with E-state index >= 15 is 0 Å². The van der Waals surface area contributed by atoms with Gasteiger partial charge in [-0.05, 0) is 67.9 Å². The van der Waals surface area contributed by atoms with Gasteiger partial charge in [0, 0.05) is 31.2 Å². The third-order valence-corrected chi connectivity index (χ3v) is 5.97. The van der Waals surface area contributed by atoms with Crippen molar-refractivity contribution < 1.29 is 13.9 Å². The van der Waals surface area contributed by atoms with Crippen LogP contribution in [-0.4, -0.2) is 47.2 Å². The van der Waals surface area contributed by atoms with Gasteiger partial charge in [-0.1, -0.05) is 18.2 Å². The molecule has 0 aliphatic carbocycles. The van der Waals surface area contributed by atoms with Crippen LogP contribution in [0, 0.1) is 12.7 Å². The van der Waals surface area contributed by atoms with Crippen LogP contribution in [0.1, 0.15) is 28.4 Å². The fourth-order valence-corrected chi connectivity index (χ4v) is 4.28. The molecule has 2 heterocycles. The smallest absolute Gasteiger partial charge is 0.254 e. The van der Waals surface area contributed by atoms with Crippen LogP contribution in [0.2, 0.25) is 0 Å². The van der Waals surface area contributed by atoms with E-state index < -0.39 is 0 Å². The molecule has 32 heavy (non-hydrogen) atoms. The van der Waals surface area contributed by atoms with Crippen molar-refractivity contribution in [3.05, 3.63) is 89.2 Å². The molecule has 162 valence electrons. The minimum atomic E-state index is -0.345. The standard InChI is InChI=1S/C26H24FN3O2/c1-17-7-12-22-24(15-17)32-23-6-4-3-5-21(23)25(28-22)29-13-14-30(18(2)16-29)26(31)19-8-10-20(27)11-9-19/h3-12,15,18H,13-14,16H2,1-2H3. The number of piperazine rings is 1. The van der Waals surface area contributed by atoms with Gasteiger partial charge in [-0.25, -0.2) is 9.38 Å². The summed E-state index contributed by atoms with van der Waals surface area (Å²) in [4.78, 5) is 22.0. The molecule has 1 saturated heterocycles. The molecular formula is C26H24FN3O2. The van der Waals surface area contributed by atoms with Gasteiger partial charge in [-0.15, -0.1) is 0 Å². The molecule has 1 atom stereocenters. The molecule has 5 rings (SSSR count). The number of ether oxygens (including phenoxy) is 1. The van der Waals surface area contributed by atoms with Gasteiger partial charge in [-0.2, -0.15) is 0 Å². The Bertz CT molecular complexity index is 1210. The third kappa shape index (κ3) is 3.73. The summed E-state index contributed by atoms with van der Waals surface area (Å²) in [6.45, 7) is 5.90. The molecule has 3 aromatic rings. The number of aryl methyl sites for hydroxylation is 1. The summed E-state index contributed by atoms with van der Waals surface area (Å²) in [5.74, 6) is 1.94. The van der Waals surface area contributed by atoms with Gasteiger partial charge in [0.05, 0.1) is 5.56 Å². The zero-order valence-electron chi connectivity index (χ0n) is 18.1. The minimum absolute atomic E-state index is 0.0298. The first-order valence-corrected chi connectivity index (χ1v) is 10.8. The van der Waals surface area contributed by atoms with E-state index in [1.54, 1.807) is 12.1 Å². The largest absolute Gasteiger partial charge is 0.454 e. The van der Waals surface area contributed by atoms with Gasteiger partial charge >= 0.3 is 0 Å². The number of para-hydroxylation sites is 1. The fourth-order valence-electron chi connectivity index (χ4n) is 4.28. The molecule has 0 radical (unpaired) electrons. The lowest BCUT2D eigenvalue weighted by atomic mass is 10.1. The molecule has 0 N–H and O–H groups in total. The number of rotatable bonds is 1. The number of fused-ring (bicyclic) bond motifs is 2. The zero-order chi connectivity index (χ0) is 22.2. The van der Waals surface area contributed by atoms with E-state index in [4.69, 9.17) is 9.73 Å². The van der Waals surface area contributed by atoms with Crippen LogP contribution in [0.3, 0.4) is 0 Å². The number of hydrogen-bond acceptors (Lipinski definition) is 4. The van der Waals surface area contributed by atoms with Crippen LogP contribution < -0.4 is 4.74 Å². The Labute approximate surface area is 186 Å². The normalized spacial score (nSPS) is 17.6. The van der Waals surface area contributed by atoms with Crippen LogP contribution in [0.4, 0.5) is 10.1 Å². The van der Waals surface area contributed by atoms with Gasteiger partial charge in [-0.3, -0.25) is 4.79 Å². The summed E-state index contributed by atoms with van der Waals surface area (Å²) < 4.78 is 19.5. The van der Waals surface area contributed by atoms with E-state index in [1.807, 2.05) is 61.2 Å². The van der Waals surface area contributed by atoms with Crippen molar-refractivity contribution in [2.45, 2.75) is 19.9 Å². The summed E-state index contributed by atoms with van der Waals surface area (Å²) in [6.07, 6.45) is 0. The Morgan fingerprint density at radius 3 is 2.59 bits per heavy atom. The van der Waals surface area contributed by atoms with Crippen molar-refractivity contribution >= 4 is 17.4 Å². The van der Waals surface area contributed by atoms with Crippen molar-refractivity contribution in [3.63, 3.8) is 0 Å². The van der Waals surface area contributed by atoms with Gasteiger partial charge in [0.1, 0.15) is 23.1 Å². The molecule has 1 fully saturated rings. The molecule has 0 spiro atoms. The SMILES string of the molecule is Cc1ccc2c(c1)Oc1ccccc1C(N1CCN(C(=O)c3ccc(F)cc3)C(C)C1)=N2. The lowest BCUT2D eigenvalue weighted by Crippen LogP contribution is -2.55. The van der Waals surface area contributed by atoms with E-state index in [9.17, 15) is 9.18 Å². The quantitative estimate of drug-likeness (QED) is 0.536. The summed E-state index contributed by atoms with van der Waals surface area (Å²) in [6, 6.07) is 19.6. The molecule has 3 aromatic carbocycles. The van der Waals surface area contributed by atoms with Crippen LogP contribution in [0.5, 0.6) is 11.5 Å². The Hall–Kier alpha value is -3.67. The van der Waals surface area contributed by atoms with E-state index in [-0.39, 0.29) is 17.8 Å². The molecule has 2 aliphatic rings. The predicted octanol–water partition coefficient (Wildman–Crippen LogP) is 5.16. The van der Waals surface area contributed by atoms with Gasteiger partial charge < -0.3 is 14.5 Å². The average molecular weight is 429 g/mol. The lowest BCUT2D eigenvalue weighted by Gasteiger charge is -2.41. The molecule has 0 saturated carbocycles. The number of aliphatic imine (C=N–C) groups is 1. The van der Waals surface area contributed by atoms with Crippen molar-refractivity contribution in [3.8, 4) is 11.5 Å². The lowest BCUT2D eigenvalue weighted by molar-refractivity contribution is 0.0581. The van der Waals surface area contributed by atoms with E-state index in [2.05, 4.69) is 4.90 Å². The Morgan fingerprint density at radius 2 is 1.81 bits per heavy atom. The topological polar surface area (TPSA) is 45.1 Å². The number of carbonyl (C=O) groups is 1. The summed E-state index contributed by atoms with van der Waals surface area (Å²) >= 11 is 0. The monoisotopic (exact) mass is 429 g/mol. The van der Waals surface area contributed by atoms with E-state index in [1.165, 1.54) is 12.1 Å². The van der Waals surface area contributed by atoms with Crippen molar-refractivity contribution in [2.75, 3.05) is 19.6 Å². The average Bonchev–Trinajstić information content (AvgIpc) is 2.95. The second kappa shape index (κ2) is 8.11. The maximum atomic E-state index is 13.3. The number of carbonyl (C=O) groups excluding carboxylic acids is 1. The highest BCUT2D eigenvalue weighted by molar-refractivity contribution is 6.04. The van der Waals surface area contributed by atoms with Gasteiger partial charge in [0.25, 0.3) is 5.91 Å². The van der Waals surface area contributed by atoms with Crippen LogP contribution in [0.25, 0.3) is 0 Å². The van der Waals surface area contributed by atoms with Crippen LogP contribution >= 0.6 is 0 Å². The summed E-state index contributed by atoms with van der Waals surface area (Å²) in [5, 5.41) is 0. The fraction of sp³-hybridized carbons (Fsp3) is 0.231. The van der Waals surface area contributed by atoms with Gasteiger partial charge in [0.15, 0.2) is 5.75 Å². The minimum Gasteiger partial charge on any atom is -0.454 e. The molecule has 0 bridgehead atoms. The second-order valence-electron chi connectivity index (χ2n) is 8.31. The van der Waals surface area contributed by atoms with E-state index in [0.29, 0.717) is 25.2 Å². The first kappa shape index (κ1) is 20.2. The van der Waals surface area contributed by atoms with Crippen LogP contribution in [0.15, 0.2) is 71.7 Å². The van der Waals surface area contributed by atoms with Crippen molar-refractivity contribution in [1.82, 2.24) is 9.80 Å². The molecular weight excluding hydrogens is 405 g/mol. The number of hydrogen-bond donors (Lipinski definition) is 0. The highest BCUT2D eigenvalue weighted by Crippen LogP contribution is 2.38. The molecule has 0 aromatic heterocycles. The molecule has 6 heteroatoms. The molecule has 1 unspecified atom stereocenters. The number of nitrogens with zero attached hydrogens (tertiary/aromatic N) is 3. The number of amides is 1. The Kier molecular flexibility index (Phi) is 5.13. The van der Waals surface area contributed by atoms with Gasteiger partial charge in [0.2, 0.25) is 0 Å². The van der Waals surface area contributed by atoms with Crippen LogP contribution in [-0.2, 0) is 0 Å². The van der Waals surface area contributed by atoms with E-state index in [0.717, 1.165) is 34.1 Å². The summed E-state index contributed by atoms with van der Waals surface area (Å²) in [7, 11) is 0. The summed E-state index contributed by atoms with van der Waals surface area (Å²) in [5.41, 5.74) is 3.34. The Morgan fingerprint density at radius 1 is 1.03 bits per heavy atom. The maximum Gasteiger partial charge on any atom is 0.254 e. The number of amidine groups is 1. The number of benzene rings is 3. The molecule has 2 aliphatic heterocycles.